The molecule has 0 unspecified atom stereocenters. The average molecular weight is 538 g/mol. The number of ether oxygens (including phenoxy) is 1. The number of carbonyl (C=O) groups excluding carboxylic acids is 4. The number of nitrogens with one attached hydrogen (secondary N) is 3. The quantitative estimate of drug-likeness (QED) is 0.429. The highest BCUT2D eigenvalue weighted by molar-refractivity contribution is 6.02. The van der Waals surface area contributed by atoms with E-state index < -0.39 is 29.8 Å². The molecule has 2 aliphatic heterocycles. The van der Waals surface area contributed by atoms with Crippen LogP contribution in [0.4, 0.5) is 0 Å². The number of primary amides is 1. The van der Waals surface area contributed by atoms with E-state index in [0.29, 0.717) is 30.8 Å². The molecule has 1 aromatic carbocycles. The Labute approximate surface area is 228 Å². The molecule has 1 aromatic heterocycles. The third-order valence-electron chi connectivity index (χ3n) is 8.83. The van der Waals surface area contributed by atoms with Gasteiger partial charge < -0.3 is 31.0 Å². The van der Waals surface area contributed by atoms with E-state index in [1.807, 2.05) is 32.0 Å². The Balaban J connectivity index is 1.39. The molecule has 210 valence electrons. The number of rotatable bonds is 7. The summed E-state index contributed by atoms with van der Waals surface area (Å²) in [7, 11) is 1.59. The first-order chi connectivity index (χ1) is 18.5. The van der Waals surface area contributed by atoms with Crippen LogP contribution in [0.5, 0.6) is 5.75 Å². The van der Waals surface area contributed by atoms with E-state index in [2.05, 4.69) is 15.6 Å². The van der Waals surface area contributed by atoms with Crippen molar-refractivity contribution in [2.24, 2.45) is 17.1 Å². The third kappa shape index (κ3) is 5.33. The van der Waals surface area contributed by atoms with Gasteiger partial charge >= 0.3 is 0 Å². The van der Waals surface area contributed by atoms with Crippen LogP contribution in [0, 0.1) is 11.3 Å². The monoisotopic (exact) mass is 537 g/mol. The summed E-state index contributed by atoms with van der Waals surface area (Å²) >= 11 is 0. The SMILES string of the molecule is COc1cccc2[nH]c(C(=O)N3CC4(CCCCC4)C[C@H]3C(=O)N[C@@H](C[C@@H]3CC(C)(C)NC3=O)C(N)=O)cc12. The first-order valence-electron chi connectivity index (χ1n) is 13.9. The Kier molecular flexibility index (Phi) is 7.07. The van der Waals surface area contributed by atoms with Crippen molar-refractivity contribution < 1.29 is 23.9 Å². The number of nitrogens with two attached hydrogens (primary N) is 1. The molecule has 0 radical (unpaired) electrons. The minimum atomic E-state index is -1.00. The van der Waals surface area contributed by atoms with Gasteiger partial charge in [0.15, 0.2) is 0 Å². The van der Waals surface area contributed by atoms with Crippen LogP contribution in [0.1, 0.15) is 75.7 Å². The number of fused-ring (bicyclic) bond motifs is 1. The zero-order chi connectivity index (χ0) is 27.9. The highest BCUT2D eigenvalue weighted by Crippen LogP contribution is 2.47. The summed E-state index contributed by atoms with van der Waals surface area (Å²) in [6, 6.07) is 5.60. The second-order valence-corrected chi connectivity index (χ2v) is 12.3. The van der Waals surface area contributed by atoms with Crippen LogP contribution in [0.3, 0.4) is 0 Å². The topological polar surface area (TPSA) is 147 Å². The summed E-state index contributed by atoms with van der Waals surface area (Å²) in [6.07, 6.45) is 6.41. The predicted octanol–water partition coefficient (Wildman–Crippen LogP) is 2.62. The highest BCUT2D eigenvalue weighted by atomic mass is 16.5. The van der Waals surface area contributed by atoms with Crippen molar-refractivity contribution >= 4 is 34.5 Å². The summed E-state index contributed by atoms with van der Waals surface area (Å²) in [6.45, 7) is 4.33. The van der Waals surface area contributed by atoms with Gasteiger partial charge in [-0.15, -0.1) is 0 Å². The molecule has 1 spiro atoms. The Morgan fingerprint density at radius 3 is 2.56 bits per heavy atom. The Morgan fingerprint density at radius 2 is 1.92 bits per heavy atom. The predicted molar refractivity (Wildman–Crippen MR) is 146 cm³/mol. The molecule has 3 aliphatic rings. The van der Waals surface area contributed by atoms with E-state index in [9.17, 15) is 19.2 Å². The van der Waals surface area contributed by atoms with Crippen molar-refractivity contribution in [1.82, 2.24) is 20.5 Å². The van der Waals surface area contributed by atoms with Crippen LogP contribution < -0.4 is 21.1 Å². The van der Waals surface area contributed by atoms with Crippen molar-refractivity contribution in [3.8, 4) is 5.75 Å². The van der Waals surface area contributed by atoms with Crippen molar-refractivity contribution in [3.63, 3.8) is 0 Å². The molecule has 4 amide bonds. The molecule has 2 aromatic rings. The average Bonchev–Trinajstić information content (AvgIpc) is 3.56. The van der Waals surface area contributed by atoms with Crippen molar-refractivity contribution in [1.29, 1.82) is 0 Å². The Bertz CT molecular complexity index is 1290. The number of likely N-dealkylation sites (tertiary alicyclic amines) is 1. The van der Waals surface area contributed by atoms with Crippen LogP contribution in [-0.4, -0.2) is 64.8 Å². The Morgan fingerprint density at radius 1 is 1.18 bits per heavy atom. The fraction of sp³-hybridized carbons (Fsp3) is 0.586. The summed E-state index contributed by atoms with van der Waals surface area (Å²) < 4.78 is 5.46. The standard InChI is InChI=1S/C29H39N5O5/c1-28(2)14-17(25(36)33-28)12-20(24(30)35)32-26(37)22-15-29(10-5-4-6-11-29)16-34(22)27(38)21-13-18-19(31-21)8-7-9-23(18)39-3/h7-9,13,17,20,22,31H,4-6,10-12,14-16H2,1-3H3,(H2,30,35)(H,32,37)(H,33,36)/t17-,20+,22+/m1/s1. The van der Waals surface area contributed by atoms with Gasteiger partial charge in [0.25, 0.3) is 5.91 Å². The van der Waals surface area contributed by atoms with Gasteiger partial charge in [-0.3, -0.25) is 19.2 Å². The normalized spacial score (nSPS) is 24.5. The minimum absolute atomic E-state index is 0.128. The van der Waals surface area contributed by atoms with Crippen molar-refractivity contribution in [2.45, 2.75) is 82.8 Å². The van der Waals surface area contributed by atoms with E-state index in [4.69, 9.17) is 10.5 Å². The van der Waals surface area contributed by atoms with Crippen molar-refractivity contribution in [3.05, 3.63) is 30.0 Å². The number of methoxy groups -OCH3 is 1. The maximum atomic E-state index is 13.9. The maximum absolute atomic E-state index is 13.9. The lowest BCUT2D eigenvalue weighted by atomic mass is 9.72. The van der Waals surface area contributed by atoms with Crippen LogP contribution in [0.25, 0.3) is 10.9 Å². The Hall–Kier alpha value is -3.56. The van der Waals surface area contributed by atoms with Gasteiger partial charge in [0.05, 0.1) is 7.11 Å². The summed E-state index contributed by atoms with van der Waals surface area (Å²) in [4.78, 5) is 57.3. The number of hydrogen-bond donors (Lipinski definition) is 4. The number of hydrogen-bond acceptors (Lipinski definition) is 5. The molecule has 1 aliphatic carbocycles. The van der Waals surface area contributed by atoms with Crippen LogP contribution in [0.15, 0.2) is 24.3 Å². The van der Waals surface area contributed by atoms with E-state index in [-0.39, 0.29) is 29.2 Å². The molecule has 3 atom stereocenters. The molecule has 10 heteroatoms. The molecule has 3 heterocycles. The number of H-pyrrole nitrogens is 1. The van der Waals surface area contributed by atoms with Crippen LogP contribution >= 0.6 is 0 Å². The number of aromatic amines is 1. The van der Waals surface area contributed by atoms with Gasteiger partial charge in [0.2, 0.25) is 17.7 Å². The van der Waals surface area contributed by atoms with E-state index >= 15 is 0 Å². The van der Waals surface area contributed by atoms with Gasteiger partial charge in [-0.2, -0.15) is 0 Å². The number of benzene rings is 1. The molecule has 10 nitrogen and oxygen atoms in total. The fourth-order valence-corrected chi connectivity index (χ4v) is 6.93. The molecule has 3 fully saturated rings. The molecule has 0 bridgehead atoms. The van der Waals surface area contributed by atoms with E-state index in [0.717, 1.165) is 43.0 Å². The van der Waals surface area contributed by atoms with Gasteiger partial charge in [0, 0.05) is 28.9 Å². The summed E-state index contributed by atoms with van der Waals surface area (Å²) in [5.74, 6) is -1.26. The molecule has 39 heavy (non-hydrogen) atoms. The van der Waals surface area contributed by atoms with E-state index in [1.54, 1.807) is 18.1 Å². The molecule has 5 N–H and O–H groups in total. The lowest BCUT2D eigenvalue weighted by molar-refractivity contribution is -0.131. The largest absolute Gasteiger partial charge is 0.496 e. The first kappa shape index (κ1) is 27.0. The zero-order valence-corrected chi connectivity index (χ0v) is 23.0. The molecule has 2 saturated heterocycles. The zero-order valence-electron chi connectivity index (χ0n) is 23.0. The lowest BCUT2D eigenvalue weighted by Gasteiger charge is -2.32. The molecular formula is C29H39N5O5. The molecule has 5 rings (SSSR count). The molecule has 1 saturated carbocycles. The fourth-order valence-electron chi connectivity index (χ4n) is 6.93. The second-order valence-electron chi connectivity index (χ2n) is 12.3. The number of carbonyl (C=O) groups is 4. The number of nitrogens with zero attached hydrogens (tertiary/aromatic N) is 1. The lowest BCUT2D eigenvalue weighted by Crippen LogP contribution is -2.53. The number of aromatic nitrogens is 1. The van der Waals surface area contributed by atoms with Crippen LogP contribution in [0.2, 0.25) is 0 Å². The van der Waals surface area contributed by atoms with Gasteiger partial charge in [0.1, 0.15) is 23.5 Å². The number of amides is 4. The van der Waals surface area contributed by atoms with Crippen molar-refractivity contribution in [2.75, 3.05) is 13.7 Å². The smallest absolute Gasteiger partial charge is 0.271 e. The van der Waals surface area contributed by atoms with Crippen LogP contribution in [-0.2, 0) is 14.4 Å². The van der Waals surface area contributed by atoms with Gasteiger partial charge in [-0.1, -0.05) is 25.3 Å². The van der Waals surface area contributed by atoms with Gasteiger partial charge in [-0.05, 0) is 69.6 Å². The summed E-state index contributed by atoms with van der Waals surface area (Å²) in [5.41, 5.74) is 6.34. The minimum Gasteiger partial charge on any atom is -0.496 e. The van der Waals surface area contributed by atoms with Gasteiger partial charge in [-0.25, -0.2) is 0 Å². The van der Waals surface area contributed by atoms with E-state index in [1.165, 1.54) is 0 Å². The third-order valence-corrected chi connectivity index (χ3v) is 8.83. The highest BCUT2D eigenvalue weighted by Gasteiger charge is 2.50. The molecular weight excluding hydrogens is 498 g/mol. The maximum Gasteiger partial charge on any atom is 0.271 e. The second kappa shape index (κ2) is 10.2. The summed E-state index contributed by atoms with van der Waals surface area (Å²) in [5, 5.41) is 6.54. The first-order valence-corrected chi connectivity index (χ1v) is 13.9.